The summed E-state index contributed by atoms with van der Waals surface area (Å²) in [7, 11) is 0. The van der Waals surface area contributed by atoms with Crippen LogP contribution in [0.1, 0.15) is 11.1 Å². The standard InChI is InChI=1S/C20H21ClN2O3/c1-2-12-22-19(24)18(13-15-8-10-17(21)11-9-15)23-20(25)26-14-16-6-4-3-5-7-16/h2-11,18H,1,12-14H2,(H,22,24)(H,23,25)/t18-/m0/s1. The summed E-state index contributed by atoms with van der Waals surface area (Å²) in [6.45, 7) is 4.02. The molecular formula is C20H21ClN2O3. The van der Waals surface area contributed by atoms with E-state index in [0.717, 1.165) is 11.1 Å². The maximum atomic E-state index is 12.3. The number of hydrogen-bond acceptors (Lipinski definition) is 3. The Morgan fingerprint density at radius 2 is 1.77 bits per heavy atom. The van der Waals surface area contributed by atoms with Gasteiger partial charge in [-0.15, -0.1) is 6.58 Å². The minimum Gasteiger partial charge on any atom is -0.445 e. The maximum absolute atomic E-state index is 12.3. The van der Waals surface area contributed by atoms with E-state index < -0.39 is 12.1 Å². The largest absolute Gasteiger partial charge is 0.445 e. The number of ether oxygens (including phenoxy) is 1. The van der Waals surface area contributed by atoms with Crippen LogP contribution in [0.2, 0.25) is 5.02 Å². The van der Waals surface area contributed by atoms with Crippen molar-refractivity contribution in [3.05, 3.63) is 83.4 Å². The minimum atomic E-state index is -0.764. The van der Waals surface area contributed by atoms with Crippen LogP contribution in [0.3, 0.4) is 0 Å². The lowest BCUT2D eigenvalue weighted by molar-refractivity contribution is -0.122. The second-order valence-electron chi connectivity index (χ2n) is 5.62. The molecule has 0 radical (unpaired) electrons. The summed E-state index contributed by atoms with van der Waals surface area (Å²) in [5.41, 5.74) is 1.74. The zero-order valence-electron chi connectivity index (χ0n) is 14.3. The van der Waals surface area contributed by atoms with Crippen LogP contribution in [0.15, 0.2) is 67.3 Å². The zero-order chi connectivity index (χ0) is 18.8. The lowest BCUT2D eigenvalue weighted by Gasteiger charge is -2.18. The van der Waals surface area contributed by atoms with Crippen LogP contribution in [0.25, 0.3) is 0 Å². The second-order valence-corrected chi connectivity index (χ2v) is 6.06. The predicted octanol–water partition coefficient (Wildman–Crippen LogP) is 3.48. The summed E-state index contributed by atoms with van der Waals surface area (Å²) in [5, 5.41) is 5.92. The van der Waals surface area contributed by atoms with Crippen LogP contribution < -0.4 is 10.6 Å². The average Bonchev–Trinajstić information content (AvgIpc) is 2.66. The molecule has 26 heavy (non-hydrogen) atoms. The Hall–Kier alpha value is -2.79. The summed E-state index contributed by atoms with van der Waals surface area (Å²) < 4.78 is 5.20. The lowest BCUT2D eigenvalue weighted by atomic mass is 10.1. The van der Waals surface area contributed by atoms with Crippen molar-refractivity contribution in [2.45, 2.75) is 19.1 Å². The lowest BCUT2D eigenvalue weighted by Crippen LogP contribution is -2.48. The summed E-state index contributed by atoms with van der Waals surface area (Å²) in [5.74, 6) is -0.309. The van der Waals surface area contributed by atoms with E-state index in [-0.39, 0.29) is 12.5 Å². The average molecular weight is 373 g/mol. The Morgan fingerprint density at radius 3 is 2.42 bits per heavy atom. The number of benzene rings is 2. The van der Waals surface area contributed by atoms with Gasteiger partial charge in [-0.1, -0.05) is 60.1 Å². The zero-order valence-corrected chi connectivity index (χ0v) is 15.0. The van der Waals surface area contributed by atoms with Gasteiger partial charge < -0.3 is 15.4 Å². The fourth-order valence-electron chi connectivity index (χ4n) is 2.27. The first-order valence-electron chi connectivity index (χ1n) is 8.18. The van der Waals surface area contributed by atoms with Gasteiger partial charge in [0.15, 0.2) is 0 Å². The molecule has 2 aromatic rings. The first kappa shape index (κ1) is 19.5. The van der Waals surface area contributed by atoms with Crippen LogP contribution >= 0.6 is 11.6 Å². The van der Waals surface area contributed by atoms with Gasteiger partial charge in [0.2, 0.25) is 5.91 Å². The van der Waals surface area contributed by atoms with Crippen molar-refractivity contribution in [2.24, 2.45) is 0 Å². The van der Waals surface area contributed by atoms with Gasteiger partial charge in [-0.2, -0.15) is 0 Å². The van der Waals surface area contributed by atoms with Crippen molar-refractivity contribution in [3.8, 4) is 0 Å². The summed E-state index contributed by atoms with van der Waals surface area (Å²) >= 11 is 5.88. The fraction of sp³-hybridized carbons (Fsp3) is 0.200. The van der Waals surface area contributed by atoms with Crippen LogP contribution in [0.5, 0.6) is 0 Å². The topological polar surface area (TPSA) is 67.4 Å². The normalized spacial score (nSPS) is 11.3. The summed E-state index contributed by atoms with van der Waals surface area (Å²) in [4.78, 5) is 24.4. The molecule has 0 aromatic heterocycles. The Kier molecular flexibility index (Phi) is 7.71. The smallest absolute Gasteiger partial charge is 0.408 e. The number of amides is 2. The molecule has 0 heterocycles. The Balaban J connectivity index is 1.97. The molecule has 0 saturated carbocycles. The molecule has 0 aliphatic carbocycles. The molecule has 2 rings (SSSR count). The van der Waals surface area contributed by atoms with Gasteiger partial charge in [-0.05, 0) is 23.3 Å². The number of carbonyl (C=O) groups excluding carboxylic acids is 2. The Morgan fingerprint density at radius 1 is 1.08 bits per heavy atom. The van der Waals surface area contributed by atoms with Gasteiger partial charge in [0.25, 0.3) is 0 Å². The Labute approximate surface area is 158 Å². The highest BCUT2D eigenvalue weighted by Gasteiger charge is 2.21. The molecule has 0 aliphatic rings. The van der Waals surface area contributed by atoms with E-state index in [0.29, 0.717) is 18.0 Å². The number of carbonyl (C=O) groups is 2. The maximum Gasteiger partial charge on any atom is 0.408 e. The number of hydrogen-bond donors (Lipinski definition) is 2. The molecule has 0 fully saturated rings. The van der Waals surface area contributed by atoms with E-state index in [1.165, 1.54) is 0 Å². The second kappa shape index (κ2) is 10.3. The van der Waals surface area contributed by atoms with Crippen molar-refractivity contribution >= 4 is 23.6 Å². The van der Waals surface area contributed by atoms with Gasteiger partial charge in [0, 0.05) is 18.0 Å². The molecule has 2 aromatic carbocycles. The van der Waals surface area contributed by atoms with Gasteiger partial charge >= 0.3 is 6.09 Å². The minimum absolute atomic E-state index is 0.134. The predicted molar refractivity (Wildman–Crippen MR) is 102 cm³/mol. The molecule has 136 valence electrons. The monoisotopic (exact) mass is 372 g/mol. The molecule has 2 amide bonds. The first-order valence-corrected chi connectivity index (χ1v) is 8.56. The summed E-state index contributed by atoms with van der Waals surface area (Å²) in [6.07, 6.45) is 1.24. The molecule has 5 nitrogen and oxygen atoms in total. The highest BCUT2D eigenvalue weighted by Crippen LogP contribution is 2.11. The number of halogens is 1. The molecule has 0 saturated heterocycles. The first-order chi connectivity index (χ1) is 12.6. The molecule has 0 aliphatic heterocycles. The van der Waals surface area contributed by atoms with Gasteiger partial charge in [-0.25, -0.2) is 4.79 Å². The number of rotatable bonds is 8. The van der Waals surface area contributed by atoms with E-state index >= 15 is 0 Å². The molecule has 0 spiro atoms. The molecule has 2 N–H and O–H groups in total. The van der Waals surface area contributed by atoms with E-state index in [4.69, 9.17) is 16.3 Å². The third kappa shape index (κ3) is 6.61. The third-order valence-electron chi connectivity index (χ3n) is 3.60. The van der Waals surface area contributed by atoms with Crippen LogP contribution in [0, 0.1) is 0 Å². The molecule has 0 unspecified atom stereocenters. The molecule has 0 bridgehead atoms. The van der Waals surface area contributed by atoms with E-state index in [1.807, 2.05) is 42.5 Å². The van der Waals surface area contributed by atoms with Crippen molar-refractivity contribution in [3.63, 3.8) is 0 Å². The van der Waals surface area contributed by atoms with Gasteiger partial charge in [0.05, 0.1) is 0 Å². The fourth-order valence-corrected chi connectivity index (χ4v) is 2.39. The number of alkyl carbamates (subject to hydrolysis) is 1. The van der Waals surface area contributed by atoms with Crippen molar-refractivity contribution in [1.82, 2.24) is 10.6 Å². The third-order valence-corrected chi connectivity index (χ3v) is 3.85. The van der Waals surface area contributed by atoms with E-state index in [9.17, 15) is 9.59 Å². The summed E-state index contributed by atoms with van der Waals surface area (Å²) in [6, 6.07) is 15.7. The van der Waals surface area contributed by atoms with Crippen molar-refractivity contribution in [1.29, 1.82) is 0 Å². The van der Waals surface area contributed by atoms with Crippen LogP contribution in [0.4, 0.5) is 4.79 Å². The molecule has 6 heteroatoms. The molecule has 1 atom stereocenters. The van der Waals surface area contributed by atoms with E-state index in [2.05, 4.69) is 17.2 Å². The van der Waals surface area contributed by atoms with Crippen molar-refractivity contribution < 1.29 is 14.3 Å². The number of nitrogens with one attached hydrogen (secondary N) is 2. The van der Waals surface area contributed by atoms with Gasteiger partial charge in [0.1, 0.15) is 12.6 Å². The van der Waals surface area contributed by atoms with Crippen molar-refractivity contribution in [2.75, 3.05) is 6.54 Å². The molecular weight excluding hydrogens is 352 g/mol. The highest BCUT2D eigenvalue weighted by atomic mass is 35.5. The highest BCUT2D eigenvalue weighted by molar-refractivity contribution is 6.30. The van der Waals surface area contributed by atoms with Crippen LogP contribution in [-0.4, -0.2) is 24.6 Å². The quantitative estimate of drug-likeness (QED) is 0.697. The SMILES string of the molecule is C=CCNC(=O)[C@H](Cc1ccc(Cl)cc1)NC(=O)OCc1ccccc1. The van der Waals surface area contributed by atoms with E-state index in [1.54, 1.807) is 18.2 Å². The Bertz CT molecular complexity index is 732. The van der Waals surface area contributed by atoms with Crippen LogP contribution in [-0.2, 0) is 22.6 Å². The van der Waals surface area contributed by atoms with Gasteiger partial charge in [-0.3, -0.25) is 4.79 Å².